The number of nitrogens with one attached hydrogen (secondary N) is 1. The third-order valence-electron chi connectivity index (χ3n) is 4.64. The molecule has 0 aromatic carbocycles. The van der Waals surface area contributed by atoms with E-state index < -0.39 is 5.67 Å². The second-order valence-electron chi connectivity index (χ2n) is 7.12. The second kappa shape index (κ2) is 6.55. The van der Waals surface area contributed by atoms with Gasteiger partial charge in [-0.2, -0.15) is 4.98 Å². The van der Waals surface area contributed by atoms with Gasteiger partial charge in [0.2, 0.25) is 11.8 Å². The van der Waals surface area contributed by atoms with E-state index in [9.17, 15) is 9.18 Å². The molecule has 0 atom stereocenters. The predicted molar refractivity (Wildman–Crippen MR) is 82.5 cm³/mol. The van der Waals surface area contributed by atoms with Gasteiger partial charge in [0.1, 0.15) is 5.67 Å². The van der Waals surface area contributed by atoms with E-state index in [1.807, 2.05) is 13.8 Å². The molecule has 2 heterocycles. The Bertz CT molecular complexity index is 548. The number of rotatable bonds is 6. The molecule has 1 saturated carbocycles. The van der Waals surface area contributed by atoms with E-state index >= 15 is 0 Å². The summed E-state index contributed by atoms with van der Waals surface area (Å²) in [5, 5.41) is 6.71. The molecule has 2 fully saturated rings. The Hall–Kier alpha value is -1.50. The quantitative estimate of drug-likeness (QED) is 0.867. The third-order valence-corrected chi connectivity index (χ3v) is 4.64. The van der Waals surface area contributed by atoms with Crippen LogP contribution in [0.4, 0.5) is 4.39 Å². The molecule has 1 aromatic rings. The van der Waals surface area contributed by atoms with Crippen molar-refractivity contribution in [3.8, 4) is 0 Å². The molecule has 1 amide bonds. The van der Waals surface area contributed by atoms with Crippen LogP contribution < -0.4 is 5.32 Å². The van der Waals surface area contributed by atoms with Crippen molar-refractivity contribution >= 4 is 5.91 Å². The molecule has 7 heteroatoms. The first kappa shape index (κ1) is 16.4. The van der Waals surface area contributed by atoms with Crippen LogP contribution >= 0.6 is 0 Å². The summed E-state index contributed by atoms with van der Waals surface area (Å²) in [6, 6.07) is 0. The van der Waals surface area contributed by atoms with E-state index in [1.54, 1.807) is 0 Å². The number of halogens is 1. The third kappa shape index (κ3) is 4.28. The van der Waals surface area contributed by atoms with Crippen LogP contribution in [0.2, 0.25) is 0 Å². The Kier molecular flexibility index (Phi) is 4.66. The minimum absolute atomic E-state index is 0.0107. The van der Waals surface area contributed by atoms with E-state index in [0.29, 0.717) is 44.2 Å². The van der Waals surface area contributed by atoms with Gasteiger partial charge in [-0.15, -0.1) is 0 Å². The number of carbonyl (C=O) groups is 1. The van der Waals surface area contributed by atoms with Crippen molar-refractivity contribution in [1.29, 1.82) is 0 Å². The number of hydrogen-bond acceptors (Lipinski definition) is 5. The fourth-order valence-electron chi connectivity index (χ4n) is 2.78. The van der Waals surface area contributed by atoms with Gasteiger partial charge in [0.25, 0.3) is 0 Å². The van der Waals surface area contributed by atoms with Crippen molar-refractivity contribution in [1.82, 2.24) is 20.4 Å². The number of likely N-dealkylation sites (tertiary alicyclic amines) is 1. The second-order valence-corrected chi connectivity index (χ2v) is 7.12. The lowest BCUT2D eigenvalue weighted by Gasteiger charge is -2.35. The molecule has 0 radical (unpaired) electrons. The summed E-state index contributed by atoms with van der Waals surface area (Å²) in [4.78, 5) is 18.1. The average molecular weight is 324 g/mol. The van der Waals surface area contributed by atoms with E-state index in [1.165, 1.54) is 0 Å². The van der Waals surface area contributed by atoms with E-state index in [0.717, 1.165) is 12.8 Å². The minimum Gasteiger partial charge on any atom is -0.353 e. The van der Waals surface area contributed by atoms with Crippen LogP contribution in [-0.2, 0) is 11.3 Å². The van der Waals surface area contributed by atoms with Crippen molar-refractivity contribution in [2.45, 2.75) is 57.7 Å². The molecular weight excluding hydrogens is 299 g/mol. The maximum atomic E-state index is 14.7. The van der Waals surface area contributed by atoms with E-state index in [4.69, 9.17) is 4.52 Å². The highest BCUT2D eigenvalue weighted by molar-refractivity contribution is 5.80. The van der Waals surface area contributed by atoms with Crippen LogP contribution in [0.15, 0.2) is 4.52 Å². The standard InChI is InChI=1S/C16H25FN4O2/c1-11(2)14-19-13(23-20-14)9-21-7-5-16(17,6-8-21)10-18-15(22)12-3-4-12/h11-12H,3-10H2,1-2H3,(H,18,22). The molecule has 6 nitrogen and oxygen atoms in total. The number of amides is 1. The first-order valence-corrected chi connectivity index (χ1v) is 8.47. The zero-order valence-corrected chi connectivity index (χ0v) is 13.8. The fraction of sp³-hybridized carbons (Fsp3) is 0.812. The molecule has 1 aliphatic carbocycles. The maximum absolute atomic E-state index is 14.7. The van der Waals surface area contributed by atoms with Gasteiger partial charge in [0.05, 0.1) is 13.1 Å². The highest BCUT2D eigenvalue weighted by Crippen LogP contribution is 2.30. The highest BCUT2D eigenvalue weighted by atomic mass is 19.1. The average Bonchev–Trinajstić information content (AvgIpc) is 3.27. The van der Waals surface area contributed by atoms with Gasteiger partial charge < -0.3 is 9.84 Å². The summed E-state index contributed by atoms with van der Waals surface area (Å²) in [7, 11) is 0. The van der Waals surface area contributed by atoms with Gasteiger partial charge in [-0.05, 0) is 25.7 Å². The van der Waals surface area contributed by atoms with Gasteiger partial charge in [-0.1, -0.05) is 19.0 Å². The fourth-order valence-corrected chi connectivity index (χ4v) is 2.78. The molecule has 128 valence electrons. The van der Waals surface area contributed by atoms with Crippen LogP contribution in [0.5, 0.6) is 0 Å². The van der Waals surface area contributed by atoms with Crippen LogP contribution in [0, 0.1) is 5.92 Å². The molecule has 1 saturated heterocycles. The lowest BCUT2D eigenvalue weighted by Crippen LogP contribution is -2.48. The van der Waals surface area contributed by atoms with Gasteiger partial charge in [-0.3, -0.25) is 9.69 Å². The van der Waals surface area contributed by atoms with Crippen molar-refractivity contribution in [3.05, 3.63) is 11.7 Å². The minimum atomic E-state index is -1.29. The summed E-state index contributed by atoms with van der Waals surface area (Å²) in [5.41, 5.74) is -1.29. The van der Waals surface area contributed by atoms with Crippen LogP contribution in [-0.4, -0.2) is 46.3 Å². The van der Waals surface area contributed by atoms with Gasteiger partial charge in [0.15, 0.2) is 5.82 Å². The Labute approximate surface area is 135 Å². The van der Waals surface area contributed by atoms with Crippen molar-refractivity contribution in [2.75, 3.05) is 19.6 Å². The summed E-state index contributed by atoms with van der Waals surface area (Å²) in [5.74, 6) is 1.67. The normalized spacial score (nSPS) is 21.6. The van der Waals surface area contributed by atoms with Crippen LogP contribution in [0.25, 0.3) is 0 Å². The number of nitrogens with zero attached hydrogens (tertiary/aromatic N) is 3. The molecule has 0 bridgehead atoms. The Morgan fingerprint density at radius 1 is 1.43 bits per heavy atom. The maximum Gasteiger partial charge on any atom is 0.240 e. The van der Waals surface area contributed by atoms with Gasteiger partial charge in [-0.25, -0.2) is 4.39 Å². The Morgan fingerprint density at radius 3 is 2.70 bits per heavy atom. The first-order valence-electron chi connectivity index (χ1n) is 8.47. The smallest absolute Gasteiger partial charge is 0.240 e. The molecule has 1 aliphatic heterocycles. The summed E-state index contributed by atoms with van der Waals surface area (Å²) in [6.45, 7) is 5.99. The van der Waals surface area contributed by atoms with E-state index in [-0.39, 0.29) is 24.3 Å². The lowest BCUT2D eigenvalue weighted by molar-refractivity contribution is -0.123. The number of aromatic nitrogens is 2. The largest absolute Gasteiger partial charge is 0.353 e. The number of hydrogen-bond donors (Lipinski definition) is 1. The van der Waals surface area contributed by atoms with Crippen LogP contribution in [0.1, 0.15) is 57.2 Å². The van der Waals surface area contributed by atoms with Crippen molar-refractivity contribution < 1.29 is 13.7 Å². The SMILES string of the molecule is CC(C)c1noc(CN2CCC(F)(CNC(=O)C3CC3)CC2)n1. The molecule has 1 N–H and O–H groups in total. The topological polar surface area (TPSA) is 71.3 Å². The van der Waals surface area contributed by atoms with Crippen molar-refractivity contribution in [2.24, 2.45) is 5.92 Å². The molecule has 2 aliphatic rings. The zero-order valence-electron chi connectivity index (χ0n) is 13.8. The van der Waals surface area contributed by atoms with Gasteiger partial charge >= 0.3 is 0 Å². The highest BCUT2D eigenvalue weighted by Gasteiger charge is 2.37. The number of alkyl halides is 1. The van der Waals surface area contributed by atoms with Crippen molar-refractivity contribution in [3.63, 3.8) is 0 Å². The summed E-state index contributed by atoms with van der Waals surface area (Å²) >= 11 is 0. The number of carbonyl (C=O) groups excluding carboxylic acids is 1. The molecule has 23 heavy (non-hydrogen) atoms. The number of piperidine rings is 1. The predicted octanol–water partition coefficient (Wildman–Crippen LogP) is 2.02. The lowest BCUT2D eigenvalue weighted by atomic mass is 9.93. The zero-order chi connectivity index (χ0) is 16.4. The Balaban J connectivity index is 1.44. The van der Waals surface area contributed by atoms with Crippen LogP contribution in [0.3, 0.4) is 0 Å². The monoisotopic (exact) mass is 324 g/mol. The molecular formula is C16H25FN4O2. The molecule has 3 rings (SSSR count). The first-order chi connectivity index (χ1) is 11.0. The molecule has 1 aromatic heterocycles. The summed E-state index contributed by atoms with van der Waals surface area (Å²) < 4.78 is 20.0. The summed E-state index contributed by atoms with van der Waals surface area (Å²) in [6.07, 6.45) is 2.73. The molecule has 0 unspecified atom stereocenters. The van der Waals surface area contributed by atoms with Gasteiger partial charge in [0, 0.05) is 24.9 Å². The Morgan fingerprint density at radius 2 is 2.13 bits per heavy atom. The van der Waals surface area contributed by atoms with E-state index in [2.05, 4.69) is 20.4 Å². The molecule has 0 spiro atoms.